The van der Waals surface area contributed by atoms with Crippen molar-refractivity contribution in [1.29, 1.82) is 0 Å². The fourth-order valence-corrected chi connectivity index (χ4v) is 2.22. The molecule has 2 aromatic rings. The molecule has 2 rings (SSSR count). The first-order valence-corrected chi connectivity index (χ1v) is 6.63. The number of hydrogen-bond acceptors (Lipinski definition) is 1. The van der Waals surface area contributed by atoms with E-state index in [1.54, 1.807) is 0 Å². The van der Waals surface area contributed by atoms with E-state index in [1.165, 1.54) is 16.7 Å². The van der Waals surface area contributed by atoms with Gasteiger partial charge in [-0.1, -0.05) is 61.5 Å². The van der Waals surface area contributed by atoms with Gasteiger partial charge in [0.15, 0.2) is 0 Å². The molecular weight excluding hydrogens is 218 g/mol. The lowest BCUT2D eigenvalue weighted by atomic mass is 9.98. The molecule has 1 heteroatoms. The van der Waals surface area contributed by atoms with Gasteiger partial charge in [0.2, 0.25) is 0 Å². The minimum Gasteiger partial charge on any atom is -0.313 e. The summed E-state index contributed by atoms with van der Waals surface area (Å²) < 4.78 is 0. The predicted octanol–water partition coefficient (Wildman–Crippen LogP) is 3.75. The molecule has 94 valence electrons. The average molecular weight is 239 g/mol. The minimum absolute atomic E-state index is 0.388. The smallest absolute Gasteiger partial charge is 0.0358 e. The largest absolute Gasteiger partial charge is 0.313 e. The lowest BCUT2D eigenvalue weighted by Gasteiger charge is -2.17. The Hall–Kier alpha value is -1.60. The van der Waals surface area contributed by atoms with Crippen molar-refractivity contribution in [3.8, 4) is 0 Å². The van der Waals surface area contributed by atoms with Gasteiger partial charge >= 0.3 is 0 Å². The highest BCUT2D eigenvalue weighted by Gasteiger charge is 2.09. The lowest BCUT2D eigenvalue weighted by molar-refractivity contribution is 0.592. The van der Waals surface area contributed by atoms with Gasteiger partial charge in [0, 0.05) is 6.04 Å². The Balaban J connectivity index is 2.10. The SMILES string of the molecule is CCc1ccc(CC(NC)c2ccccc2)cc1. The van der Waals surface area contributed by atoms with Gasteiger partial charge in [0.1, 0.15) is 0 Å². The van der Waals surface area contributed by atoms with Crippen LogP contribution in [0.5, 0.6) is 0 Å². The van der Waals surface area contributed by atoms with E-state index < -0.39 is 0 Å². The van der Waals surface area contributed by atoms with Gasteiger partial charge in [-0.15, -0.1) is 0 Å². The lowest BCUT2D eigenvalue weighted by Crippen LogP contribution is -2.18. The molecule has 0 saturated carbocycles. The van der Waals surface area contributed by atoms with E-state index in [1.807, 2.05) is 7.05 Å². The summed E-state index contributed by atoms with van der Waals surface area (Å²) in [4.78, 5) is 0. The van der Waals surface area contributed by atoms with E-state index in [4.69, 9.17) is 0 Å². The van der Waals surface area contributed by atoms with Crippen molar-refractivity contribution in [2.75, 3.05) is 7.05 Å². The topological polar surface area (TPSA) is 12.0 Å². The van der Waals surface area contributed by atoms with Gasteiger partial charge < -0.3 is 5.32 Å². The van der Waals surface area contributed by atoms with Gasteiger partial charge in [-0.25, -0.2) is 0 Å². The maximum Gasteiger partial charge on any atom is 0.0358 e. The molecule has 0 fully saturated rings. The Morgan fingerprint density at radius 3 is 2.06 bits per heavy atom. The Morgan fingerprint density at radius 2 is 1.50 bits per heavy atom. The summed E-state index contributed by atoms with van der Waals surface area (Å²) in [6.07, 6.45) is 2.14. The van der Waals surface area contributed by atoms with Crippen LogP contribution in [-0.4, -0.2) is 7.05 Å². The molecule has 0 aliphatic rings. The molecule has 0 saturated heterocycles. The highest BCUT2D eigenvalue weighted by atomic mass is 14.9. The van der Waals surface area contributed by atoms with Gasteiger partial charge in [-0.3, -0.25) is 0 Å². The van der Waals surface area contributed by atoms with Gasteiger partial charge in [-0.05, 0) is 36.6 Å². The van der Waals surface area contributed by atoms with Crippen LogP contribution >= 0.6 is 0 Å². The predicted molar refractivity (Wildman–Crippen MR) is 77.8 cm³/mol. The molecule has 0 amide bonds. The Bertz CT molecular complexity index is 459. The monoisotopic (exact) mass is 239 g/mol. The van der Waals surface area contributed by atoms with Gasteiger partial charge in [-0.2, -0.15) is 0 Å². The molecule has 0 aliphatic heterocycles. The molecular formula is C17H21N. The van der Waals surface area contributed by atoms with Crippen LogP contribution in [0.4, 0.5) is 0 Å². The zero-order valence-electron chi connectivity index (χ0n) is 11.2. The van der Waals surface area contributed by atoms with Crippen LogP contribution < -0.4 is 5.32 Å². The van der Waals surface area contributed by atoms with Gasteiger partial charge in [0.05, 0.1) is 0 Å². The first-order valence-electron chi connectivity index (χ1n) is 6.63. The number of likely N-dealkylation sites (N-methyl/N-ethyl adjacent to an activating group) is 1. The average Bonchev–Trinajstić information content (AvgIpc) is 2.46. The molecule has 1 nitrogen and oxygen atoms in total. The third-order valence-electron chi connectivity index (χ3n) is 3.42. The van der Waals surface area contributed by atoms with E-state index in [0.717, 1.165) is 12.8 Å². The van der Waals surface area contributed by atoms with Crippen molar-refractivity contribution >= 4 is 0 Å². The second kappa shape index (κ2) is 6.36. The van der Waals surface area contributed by atoms with Crippen LogP contribution in [0.1, 0.15) is 29.7 Å². The molecule has 0 spiro atoms. The van der Waals surface area contributed by atoms with Crippen molar-refractivity contribution in [2.45, 2.75) is 25.8 Å². The van der Waals surface area contributed by atoms with Crippen LogP contribution in [0.2, 0.25) is 0 Å². The molecule has 2 aromatic carbocycles. The third kappa shape index (κ3) is 3.21. The van der Waals surface area contributed by atoms with Crippen molar-refractivity contribution in [3.05, 3.63) is 71.3 Å². The highest BCUT2D eigenvalue weighted by Crippen LogP contribution is 2.18. The van der Waals surface area contributed by atoms with E-state index in [-0.39, 0.29) is 0 Å². The van der Waals surface area contributed by atoms with Crippen molar-refractivity contribution in [1.82, 2.24) is 5.32 Å². The maximum atomic E-state index is 3.40. The van der Waals surface area contributed by atoms with E-state index >= 15 is 0 Å². The molecule has 1 atom stereocenters. The van der Waals surface area contributed by atoms with E-state index in [2.05, 4.69) is 66.8 Å². The Labute approximate surface area is 110 Å². The van der Waals surface area contributed by atoms with Crippen LogP contribution in [0.15, 0.2) is 54.6 Å². The van der Waals surface area contributed by atoms with Crippen molar-refractivity contribution in [3.63, 3.8) is 0 Å². The summed E-state index contributed by atoms with van der Waals surface area (Å²) in [6, 6.07) is 20.0. The number of hydrogen-bond donors (Lipinski definition) is 1. The summed E-state index contributed by atoms with van der Waals surface area (Å²) in [5, 5.41) is 3.40. The van der Waals surface area contributed by atoms with Crippen LogP contribution in [-0.2, 0) is 12.8 Å². The molecule has 0 bridgehead atoms. The second-order valence-corrected chi connectivity index (χ2v) is 4.63. The van der Waals surface area contributed by atoms with Crippen molar-refractivity contribution in [2.24, 2.45) is 0 Å². The van der Waals surface area contributed by atoms with Crippen molar-refractivity contribution < 1.29 is 0 Å². The van der Waals surface area contributed by atoms with E-state index in [9.17, 15) is 0 Å². The number of aryl methyl sites for hydroxylation is 1. The summed E-state index contributed by atoms with van der Waals surface area (Å²) in [7, 11) is 2.03. The van der Waals surface area contributed by atoms with E-state index in [0.29, 0.717) is 6.04 Å². The quantitative estimate of drug-likeness (QED) is 0.838. The normalized spacial score (nSPS) is 12.3. The first-order chi connectivity index (χ1) is 8.83. The summed E-state index contributed by atoms with van der Waals surface area (Å²) in [6.45, 7) is 2.19. The zero-order valence-corrected chi connectivity index (χ0v) is 11.2. The minimum atomic E-state index is 0.388. The number of rotatable bonds is 5. The third-order valence-corrected chi connectivity index (χ3v) is 3.42. The summed E-state index contributed by atoms with van der Waals surface area (Å²) in [5.74, 6) is 0. The molecule has 1 unspecified atom stereocenters. The first kappa shape index (κ1) is 12.8. The Morgan fingerprint density at radius 1 is 0.889 bits per heavy atom. The van der Waals surface area contributed by atoms with Gasteiger partial charge in [0.25, 0.3) is 0 Å². The highest BCUT2D eigenvalue weighted by molar-refractivity contribution is 5.26. The zero-order chi connectivity index (χ0) is 12.8. The standard InChI is InChI=1S/C17H21N/c1-3-14-9-11-15(12-10-14)13-17(18-2)16-7-5-4-6-8-16/h4-12,17-18H,3,13H2,1-2H3. The Kier molecular flexibility index (Phi) is 4.54. The maximum absolute atomic E-state index is 3.40. The van der Waals surface area contributed by atoms with Crippen LogP contribution in [0, 0.1) is 0 Å². The summed E-state index contributed by atoms with van der Waals surface area (Å²) >= 11 is 0. The molecule has 18 heavy (non-hydrogen) atoms. The molecule has 0 aromatic heterocycles. The number of nitrogens with one attached hydrogen (secondary N) is 1. The molecule has 1 N–H and O–H groups in total. The number of benzene rings is 2. The van der Waals surface area contributed by atoms with Crippen LogP contribution in [0.3, 0.4) is 0 Å². The summed E-state index contributed by atoms with van der Waals surface area (Å²) in [5.41, 5.74) is 4.13. The molecule has 0 heterocycles. The molecule has 0 radical (unpaired) electrons. The molecule has 0 aliphatic carbocycles. The second-order valence-electron chi connectivity index (χ2n) is 4.63. The fourth-order valence-electron chi connectivity index (χ4n) is 2.22. The fraction of sp³-hybridized carbons (Fsp3) is 0.294. The van der Waals surface area contributed by atoms with Crippen LogP contribution in [0.25, 0.3) is 0 Å².